The van der Waals surface area contributed by atoms with Crippen molar-refractivity contribution >= 4 is 23.6 Å². The second-order valence-electron chi connectivity index (χ2n) is 8.33. The maximum atomic E-state index is 13.4. The van der Waals surface area contributed by atoms with Gasteiger partial charge in [0.2, 0.25) is 5.91 Å². The summed E-state index contributed by atoms with van der Waals surface area (Å²) >= 11 is 5.82. The maximum Gasteiger partial charge on any atom is 0.416 e. The Labute approximate surface area is 225 Å². The number of hydrogen-bond acceptors (Lipinski definition) is 5. The van der Waals surface area contributed by atoms with Crippen LogP contribution in [0.3, 0.4) is 0 Å². The number of aromatic nitrogens is 3. The first-order valence-corrected chi connectivity index (χ1v) is 11.6. The third-order valence-electron chi connectivity index (χ3n) is 5.49. The number of alkyl halides is 6. The molecule has 3 aromatic rings. The molecule has 0 fully saturated rings. The number of aliphatic hydroxyl groups excluding tert-OH is 1. The molecule has 0 bridgehead atoms. The Hall–Kier alpha value is -4.05. The Balaban J connectivity index is 1.87. The Morgan fingerprint density at radius 1 is 1.02 bits per heavy atom. The molecule has 2 atom stereocenters. The summed E-state index contributed by atoms with van der Waals surface area (Å²) in [4.78, 5) is 36.6. The van der Waals surface area contributed by atoms with E-state index < -0.39 is 72.9 Å². The van der Waals surface area contributed by atoms with Gasteiger partial charge in [0, 0.05) is 17.1 Å². The topological polar surface area (TPSA) is 138 Å². The highest BCUT2D eigenvalue weighted by Crippen LogP contribution is 2.34. The van der Waals surface area contributed by atoms with Gasteiger partial charge in [-0.1, -0.05) is 29.8 Å². The molecule has 1 aromatic heterocycles. The zero-order valence-corrected chi connectivity index (χ0v) is 20.8. The van der Waals surface area contributed by atoms with Crippen LogP contribution in [0.15, 0.2) is 53.3 Å². The Bertz CT molecular complexity index is 1420. The summed E-state index contributed by atoms with van der Waals surface area (Å²) in [5, 5.41) is 26.8. The van der Waals surface area contributed by atoms with Crippen molar-refractivity contribution in [2.24, 2.45) is 0 Å². The van der Waals surface area contributed by atoms with Crippen molar-refractivity contribution in [3.05, 3.63) is 75.2 Å². The van der Waals surface area contributed by atoms with E-state index in [4.69, 9.17) is 16.7 Å². The smallest absolute Gasteiger partial charge is 0.416 e. The highest BCUT2D eigenvalue weighted by atomic mass is 35.5. The number of nitrogens with one attached hydrogen (secondary N) is 2. The summed E-state index contributed by atoms with van der Waals surface area (Å²) in [5.41, 5.74) is -2.70. The van der Waals surface area contributed by atoms with E-state index in [1.54, 1.807) is 0 Å². The van der Waals surface area contributed by atoms with Gasteiger partial charge in [0.1, 0.15) is 6.54 Å². The van der Waals surface area contributed by atoms with Crippen LogP contribution < -0.4 is 16.3 Å². The zero-order chi connectivity index (χ0) is 29.8. The molecule has 1 unspecified atom stereocenters. The van der Waals surface area contributed by atoms with E-state index in [1.807, 2.05) is 5.32 Å². The van der Waals surface area contributed by atoms with Crippen LogP contribution in [-0.4, -0.2) is 55.4 Å². The van der Waals surface area contributed by atoms with Crippen molar-refractivity contribution in [2.45, 2.75) is 37.6 Å². The van der Waals surface area contributed by atoms with E-state index >= 15 is 0 Å². The summed E-state index contributed by atoms with van der Waals surface area (Å²) in [7, 11) is 0. The highest BCUT2D eigenvalue weighted by Gasteiger charge is 2.39. The van der Waals surface area contributed by atoms with Gasteiger partial charge in [-0.2, -0.15) is 26.3 Å². The number of nitrogens with zero attached hydrogens (tertiary/aromatic N) is 3. The average Bonchev–Trinajstić information content (AvgIpc) is 3.15. The van der Waals surface area contributed by atoms with E-state index in [-0.39, 0.29) is 16.4 Å². The summed E-state index contributed by atoms with van der Waals surface area (Å²) in [6.45, 7) is -2.82. The van der Waals surface area contributed by atoms with Crippen molar-refractivity contribution in [3.63, 3.8) is 0 Å². The van der Waals surface area contributed by atoms with Crippen LogP contribution in [0.5, 0.6) is 0 Å². The third-order valence-corrected chi connectivity index (χ3v) is 5.75. The van der Waals surface area contributed by atoms with Gasteiger partial charge in [0.15, 0.2) is 11.9 Å². The van der Waals surface area contributed by atoms with Crippen molar-refractivity contribution in [2.75, 3.05) is 6.54 Å². The largest absolute Gasteiger partial charge is 0.465 e. The van der Waals surface area contributed by atoms with Crippen LogP contribution in [0.25, 0.3) is 11.4 Å². The first kappa shape index (κ1) is 30.5. The van der Waals surface area contributed by atoms with Gasteiger partial charge in [0.25, 0.3) is 0 Å². The molecule has 10 nitrogen and oxygen atoms in total. The Morgan fingerprint density at radius 2 is 1.65 bits per heavy atom. The van der Waals surface area contributed by atoms with Crippen LogP contribution in [0.2, 0.25) is 5.02 Å². The van der Waals surface area contributed by atoms with E-state index in [2.05, 4.69) is 10.4 Å². The summed E-state index contributed by atoms with van der Waals surface area (Å²) in [6.07, 6.45) is -14.5. The molecule has 0 spiro atoms. The number of carbonyl (C=O) groups is 2. The second kappa shape index (κ2) is 12.0. The first-order valence-electron chi connectivity index (χ1n) is 11.2. The van der Waals surface area contributed by atoms with Crippen LogP contribution in [0.1, 0.15) is 17.2 Å². The Morgan fingerprint density at radius 3 is 2.23 bits per heavy atom. The quantitative estimate of drug-likeness (QED) is 0.280. The number of rotatable bonds is 9. The summed E-state index contributed by atoms with van der Waals surface area (Å²) in [5.74, 6) is -1.35. The lowest BCUT2D eigenvalue weighted by atomic mass is 9.99. The van der Waals surface area contributed by atoms with E-state index in [0.29, 0.717) is 9.25 Å². The van der Waals surface area contributed by atoms with Crippen molar-refractivity contribution in [3.8, 4) is 11.4 Å². The van der Waals surface area contributed by atoms with E-state index in [0.717, 1.165) is 18.2 Å². The molecule has 1 heterocycles. The minimum Gasteiger partial charge on any atom is -0.465 e. The fourth-order valence-electron chi connectivity index (χ4n) is 3.65. The minimum absolute atomic E-state index is 0.129. The maximum absolute atomic E-state index is 13.4. The van der Waals surface area contributed by atoms with Crippen molar-refractivity contribution < 1.29 is 46.1 Å². The van der Waals surface area contributed by atoms with Gasteiger partial charge in [-0.3, -0.25) is 9.36 Å². The zero-order valence-electron chi connectivity index (χ0n) is 20.0. The lowest BCUT2D eigenvalue weighted by Crippen LogP contribution is -2.41. The minimum atomic E-state index is -5.07. The van der Waals surface area contributed by atoms with Crippen LogP contribution in [0, 0.1) is 0 Å². The predicted molar refractivity (Wildman–Crippen MR) is 127 cm³/mol. The van der Waals surface area contributed by atoms with Gasteiger partial charge in [-0.15, -0.1) is 5.10 Å². The lowest BCUT2D eigenvalue weighted by molar-refractivity contribution is -0.207. The van der Waals surface area contributed by atoms with Crippen LogP contribution in [-0.2, 0) is 24.1 Å². The van der Waals surface area contributed by atoms with Gasteiger partial charge < -0.3 is 20.8 Å². The molecular formula is C23H20ClF6N5O5. The number of amides is 2. The number of carboxylic acid groups (broad SMARTS) is 1. The Kier molecular flexibility index (Phi) is 9.14. The average molecular weight is 596 g/mol. The fraction of sp³-hybridized carbons (Fsp3) is 0.304. The summed E-state index contributed by atoms with van der Waals surface area (Å²) in [6, 6.07) is 7.94. The molecule has 0 aliphatic carbocycles. The van der Waals surface area contributed by atoms with Gasteiger partial charge in [-0.05, 0) is 35.9 Å². The monoisotopic (exact) mass is 595 g/mol. The standard InChI is InChI=1S/C23H20ClF6N5O5/c24-13-7-5-12(6-8-13)19-33-35(21(40)34(19)10-17(36)23(28,29)30)11-18(37)31-9-16(32-20(38)39)14-3-1-2-4-15(14)22(25,26)27/h1-8,16-17,32,36H,9-11H2,(H,31,37)(H,38,39)/t16?,17-/m0/s1. The molecule has 2 amide bonds. The molecule has 0 saturated heterocycles. The van der Waals surface area contributed by atoms with Gasteiger partial charge in [0.05, 0.1) is 18.2 Å². The normalized spacial score (nSPS) is 13.5. The molecule has 0 aliphatic heterocycles. The van der Waals surface area contributed by atoms with Crippen molar-refractivity contribution in [1.82, 2.24) is 25.0 Å². The molecule has 0 saturated carbocycles. The molecular weight excluding hydrogens is 576 g/mol. The number of carbonyl (C=O) groups excluding carboxylic acids is 1. The molecule has 0 aliphatic rings. The number of hydrogen-bond donors (Lipinski definition) is 4. The van der Waals surface area contributed by atoms with Crippen LogP contribution in [0.4, 0.5) is 31.1 Å². The number of benzene rings is 2. The molecule has 0 radical (unpaired) electrons. The highest BCUT2D eigenvalue weighted by molar-refractivity contribution is 6.30. The van der Waals surface area contributed by atoms with E-state index in [1.165, 1.54) is 30.3 Å². The van der Waals surface area contributed by atoms with E-state index in [9.17, 15) is 45.8 Å². The van der Waals surface area contributed by atoms with Crippen molar-refractivity contribution in [1.29, 1.82) is 0 Å². The molecule has 3 rings (SSSR count). The third kappa shape index (κ3) is 7.53. The molecule has 2 aromatic carbocycles. The summed E-state index contributed by atoms with van der Waals surface area (Å²) < 4.78 is 80.3. The predicted octanol–water partition coefficient (Wildman–Crippen LogP) is 3.43. The fourth-order valence-corrected chi connectivity index (χ4v) is 3.78. The van der Waals surface area contributed by atoms with Crippen LogP contribution >= 0.6 is 11.6 Å². The number of aliphatic hydroxyl groups is 1. The second-order valence-corrected chi connectivity index (χ2v) is 8.77. The number of halogens is 7. The first-order chi connectivity index (χ1) is 18.6. The molecule has 216 valence electrons. The molecule has 4 N–H and O–H groups in total. The van der Waals surface area contributed by atoms with Gasteiger partial charge in [-0.25, -0.2) is 14.3 Å². The SMILES string of the molecule is O=C(O)NC(CNC(=O)Cn1nc(-c2ccc(Cl)cc2)n(C[C@H](O)C(F)(F)F)c1=O)c1ccccc1C(F)(F)F. The van der Waals surface area contributed by atoms with Gasteiger partial charge >= 0.3 is 24.1 Å². The lowest BCUT2D eigenvalue weighted by Gasteiger charge is -2.22. The molecule has 40 heavy (non-hydrogen) atoms. The molecule has 17 heteroatoms.